The Labute approximate surface area is 189 Å². The Kier molecular flexibility index (Phi) is 7.63. The molecule has 0 spiro atoms. The lowest BCUT2D eigenvalue weighted by molar-refractivity contribution is 0.263. The van der Waals surface area contributed by atoms with Gasteiger partial charge in [0.1, 0.15) is 11.6 Å². The van der Waals surface area contributed by atoms with E-state index >= 15 is 0 Å². The van der Waals surface area contributed by atoms with Crippen LogP contribution in [0.2, 0.25) is 0 Å². The zero-order valence-electron chi connectivity index (χ0n) is 19.6. The molecule has 0 fully saturated rings. The normalized spacial score (nSPS) is 15.8. The maximum absolute atomic E-state index is 11.9. The molecule has 0 aliphatic carbocycles. The van der Waals surface area contributed by atoms with Gasteiger partial charge in [0.2, 0.25) is 10.0 Å². The number of ether oxygens (including phenoxy) is 3. The van der Waals surface area contributed by atoms with Crippen molar-refractivity contribution < 1.29 is 22.6 Å². The summed E-state index contributed by atoms with van der Waals surface area (Å²) in [4.78, 5) is 2.32. The van der Waals surface area contributed by atoms with Crippen LogP contribution in [0.5, 0.6) is 17.2 Å². The number of benzene rings is 1. The second kappa shape index (κ2) is 10.1. The van der Waals surface area contributed by atoms with Crippen LogP contribution in [0.3, 0.4) is 0 Å². The van der Waals surface area contributed by atoms with Gasteiger partial charge in [-0.05, 0) is 12.0 Å². The third-order valence-corrected chi connectivity index (χ3v) is 6.30. The Hall–Kier alpha value is -2.37. The zero-order chi connectivity index (χ0) is 23.5. The molecule has 0 radical (unpaired) electrons. The molecule has 2 heterocycles. The summed E-state index contributed by atoms with van der Waals surface area (Å²) in [6.45, 7) is 6.84. The molecular formula is C21H33N5O5S. The van der Waals surface area contributed by atoms with Crippen molar-refractivity contribution in [2.75, 3.05) is 40.7 Å². The monoisotopic (exact) mass is 467 g/mol. The number of hydrogen-bond acceptors (Lipinski definition) is 8. The number of hydrogen-bond donors (Lipinski definition) is 1. The van der Waals surface area contributed by atoms with Crippen molar-refractivity contribution >= 4 is 10.0 Å². The third-order valence-electron chi connectivity index (χ3n) is 5.61. The molecule has 0 amide bonds. The fraction of sp³-hybridized carbons (Fsp3) is 0.619. The van der Waals surface area contributed by atoms with Crippen molar-refractivity contribution in [1.29, 1.82) is 0 Å². The molecule has 0 saturated heterocycles. The van der Waals surface area contributed by atoms with Gasteiger partial charge < -0.3 is 18.8 Å². The van der Waals surface area contributed by atoms with Gasteiger partial charge in [-0.25, -0.2) is 13.1 Å². The van der Waals surface area contributed by atoms with Gasteiger partial charge in [0.25, 0.3) is 0 Å². The number of sulfonamides is 1. The molecule has 1 aliphatic rings. The highest BCUT2D eigenvalue weighted by Gasteiger charge is 2.28. The van der Waals surface area contributed by atoms with Crippen molar-refractivity contribution in [1.82, 2.24) is 24.4 Å². The topological polar surface area (TPSA) is 108 Å². The number of nitrogens with zero attached hydrogens (tertiary/aromatic N) is 4. The predicted molar refractivity (Wildman–Crippen MR) is 121 cm³/mol. The van der Waals surface area contributed by atoms with Gasteiger partial charge in [0.15, 0.2) is 17.3 Å². The van der Waals surface area contributed by atoms with E-state index in [9.17, 15) is 8.42 Å². The Balaban J connectivity index is 1.80. The molecule has 32 heavy (non-hydrogen) atoms. The fourth-order valence-electron chi connectivity index (χ4n) is 3.95. The molecule has 1 aliphatic heterocycles. The summed E-state index contributed by atoms with van der Waals surface area (Å²) in [5, 5.41) is 8.71. The molecule has 3 rings (SSSR count). The first kappa shape index (κ1) is 24.3. The molecule has 1 aromatic heterocycles. The quantitative estimate of drug-likeness (QED) is 0.593. The SMILES string of the molecule is COc1cc(OC)c(OC)cc1CN1CCc2nnc([C@@H](NS(C)(=O)=O)C(C)C)n2CC1. The van der Waals surface area contributed by atoms with Gasteiger partial charge in [-0.1, -0.05) is 13.8 Å². The van der Waals surface area contributed by atoms with Gasteiger partial charge >= 0.3 is 0 Å². The summed E-state index contributed by atoms with van der Waals surface area (Å²) in [5.41, 5.74) is 1.00. The molecule has 0 saturated carbocycles. The van der Waals surface area contributed by atoms with Crippen molar-refractivity contribution in [2.45, 2.75) is 39.4 Å². The minimum absolute atomic E-state index is 0.0356. The molecule has 10 nitrogen and oxygen atoms in total. The minimum Gasteiger partial charge on any atom is -0.496 e. The van der Waals surface area contributed by atoms with Crippen LogP contribution in [0.15, 0.2) is 12.1 Å². The van der Waals surface area contributed by atoms with Gasteiger partial charge in [-0.2, -0.15) is 0 Å². The van der Waals surface area contributed by atoms with E-state index in [1.807, 2.05) is 26.0 Å². The van der Waals surface area contributed by atoms with E-state index in [1.165, 1.54) is 6.26 Å². The number of nitrogens with one attached hydrogen (secondary N) is 1. The number of rotatable bonds is 9. The van der Waals surface area contributed by atoms with Crippen LogP contribution >= 0.6 is 0 Å². The highest BCUT2D eigenvalue weighted by Crippen LogP contribution is 2.35. The largest absolute Gasteiger partial charge is 0.496 e. The van der Waals surface area contributed by atoms with E-state index in [0.29, 0.717) is 36.8 Å². The van der Waals surface area contributed by atoms with Crippen LogP contribution in [-0.2, 0) is 29.5 Å². The molecule has 1 aromatic carbocycles. The molecule has 11 heteroatoms. The van der Waals surface area contributed by atoms with Gasteiger partial charge in [0.05, 0.1) is 33.6 Å². The van der Waals surface area contributed by atoms with E-state index in [1.54, 1.807) is 21.3 Å². The summed E-state index contributed by atoms with van der Waals surface area (Å²) in [6.07, 6.45) is 1.88. The summed E-state index contributed by atoms with van der Waals surface area (Å²) in [6, 6.07) is 3.35. The Morgan fingerprint density at radius 3 is 2.25 bits per heavy atom. The standard InChI is InChI=1S/C21H33N5O5S/c1-14(2)20(24-32(6,27)28)21-23-22-19-7-8-25(9-10-26(19)21)13-15-11-17(30-4)18(31-5)12-16(15)29-3/h11-12,14,20,24H,7-10,13H2,1-6H3/t20-/m0/s1. The average molecular weight is 468 g/mol. The summed E-state index contributed by atoms with van der Waals surface area (Å²) in [5.74, 6) is 3.58. The van der Waals surface area contributed by atoms with Crippen LogP contribution in [0.4, 0.5) is 0 Å². The van der Waals surface area contributed by atoms with E-state index in [-0.39, 0.29) is 5.92 Å². The zero-order valence-corrected chi connectivity index (χ0v) is 20.4. The maximum atomic E-state index is 11.9. The lowest BCUT2D eigenvalue weighted by Crippen LogP contribution is -2.33. The molecule has 1 atom stereocenters. The number of fused-ring (bicyclic) bond motifs is 1. The van der Waals surface area contributed by atoms with Crippen LogP contribution < -0.4 is 18.9 Å². The maximum Gasteiger partial charge on any atom is 0.209 e. The lowest BCUT2D eigenvalue weighted by atomic mass is 10.1. The Morgan fingerprint density at radius 2 is 1.66 bits per heavy atom. The molecule has 0 unspecified atom stereocenters. The highest BCUT2D eigenvalue weighted by molar-refractivity contribution is 7.88. The van der Waals surface area contributed by atoms with Crippen molar-refractivity contribution in [3.05, 3.63) is 29.3 Å². The average Bonchev–Trinajstić information content (AvgIpc) is 3.04. The molecular weight excluding hydrogens is 434 g/mol. The van der Waals surface area contributed by atoms with Crippen molar-refractivity contribution in [3.63, 3.8) is 0 Å². The highest BCUT2D eigenvalue weighted by atomic mass is 32.2. The smallest absolute Gasteiger partial charge is 0.209 e. The predicted octanol–water partition coefficient (Wildman–Crippen LogP) is 1.61. The first-order valence-electron chi connectivity index (χ1n) is 10.6. The van der Waals surface area contributed by atoms with Gasteiger partial charge in [-0.15, -0.1) is 10.2 Å². The summed E-state index contributed by atoms with van der Waals surface area (Å²) in [7, 11) is 1.47. The second-order valence-corrected chi connectivity index (χ2v) is 10.1. The van der Waals surface area contributed by atoms with Gasteiger partial charge in [-0.3, -0.25) is 4.90 Å². The fourth-order valence-corrected chi connectivity index (χ4v) is 4.79. The molecule has 178 valence electrons. The second-order valence-electron chi connectivity index (χ2n) is 8.28. The van der Waals surface area contributed by atoms with Crippen LogP contribution in [0.1, 0.15) is 37.1 Å². The van der Waals surface area contributed by atoms with Crippen molar-refractivity contribution in [2.24, 2.45) is 5.92 Å². The lowest BCUT2D eigenvalue weighted by Gasteiger charge is -2.23. The van der Waals surface area contributed by atoms with Crippen LogP contribution in [-0.4, -0.2) is 68.8 Å². The summed E-state index contributed by atoms with van der Waals surface area (Å²) < 4.78 is 44.9. The van der Waals surface area contributed by atoms with Crippen LogP contribution in [0.25, 0.3) is 0 Å². The van der Waals surface area contributed by atoms with E-state index in [0.717, 1.165) is 30.2 Å². The summed E-state index contributed by atoms with van der Waals surface area (Å²) >= 11 is 0. The molecule has 0 bridgehead atoms. The van der Waals surface area contributed by atoms with E-state index in [2.05, 4.69) is 24.4 Å². The Bertz CT molecular complexity index is 1040. The van der Waals surface area contributed by atoms with E-state index in [4.69, 9.17) is 14.2 Å². The minimum atomic E-state index is -3.38. The third kappa shape index (κ3) is 5.51. The number of aromatic nitrogens is 3. The first-order chi connectivity index (χ1) is 15.2. The Morgan fingerprint density at radius 1 is 1.00 bits per heavy atom. The van der Waals surface area contributed by atoms with Crippen molar-refractivity contribution in [3.8, 4) is 17.2 Å². The molecule has 1 N–H and O–H groups in total. The van der Waals surface area contributed by atoms with E-state index < -0.39 is 16.1 Å². The first-order valence-corrected chi connectivity index (χ1v) is 12.5. The van der Waals surface area contributed by atoms with Crippen LogP contribution in [0, 0.1) is 5.92 Å². The van der Waals surface area contributed by atoms with Gasteiger partial charge in [0, 0.05) is 44.2 Å². The molecule has 2 aromatic rings. The number of methoxy groups -OCH3 is 3.